The first-order chi connectivity index (χ1) is 13.0. The van der Waals surface area contributed by atoms with Crippen molar-refractivity contribution in [2.24, 2.45) is 5.73 Å². The number of phenols is 1. The zero-order valence-electron chi connectivity index (χ0n) is 14.3. The van der Waals surface area contributed by atoms with E-state index in [4.69, 9.17) is 0 Å². The Morgan fingerprint density at radius 3 is 2.04 bits per heavy atom. The SMILES string of the molecule is NC=S.O=C(OF)c1ccc(N2CCN(c3ccc(O)cc3)CC2)cc1F. The number of carbonyl (C=O) groups is 1. The van der Waals surface area contributed by atoms with E-state index in [0.29, 0.717) is 18.8 Å². The average Bonchev–Trinajstić information content (AvgIpc) is 2.69. The normalized spacial score (nSPS) is 13.4. The smallest absolute Gasteiger partial charge is 0.382 e. The average molecular weight is 395 g/mol. The Balaban J connectivity index is 0.000000817. The lowest BCUT2D eigenvalue weighted by atomic mass is 10.1. The fourth-order valence-electron chi connectivity index (χ4n) is 2.79. The monoisotopic (exact) mass is 395 g/mol. The van der Waals surface area contributed by atoms with Crippen molar-refractivity contribution in [1.29, 1.82) is 0 Å². The predicted molar refractivity (Wildman–Crippen MR) is 103 cm³/mol. The van der Waals surface area contributed by atoms with Gasteiger partial charge in [-0.1, -0.05) is 12.2 Å². The summed E-state index contributed by atoms with van der Waals surface area (Å²) in [4.78, 5) is 18.3. The van der Waals surface area contributed by atoms with Crippen molar-refractivity contribution in [3.63, 3.8) is 0 Å². The number of aromatic hydroxyl groups is 1. The fourth-order valence-corrected chi connectivity index (χ4v) is 2.79. The molecule has 0 radical (unpaired) electrons. The Morgan fingerprint density at radius 2 is 1.56 bits per heavy atom. The van der Waals surface area contributed by atoms with Gasteiger partial charge in [-0.05, 0) is 42.5 Å². The highest BCUT2D eigenvalue weighted by Crippen LogP contribution is 2.24. The molecule has 27 heavy (non-hydrogen) atoms. The Morgan fingerprint density at radius 1 is 1.07 bits per heavy atom. The molecule has 0 bridgehead atoms. The predicted octanol–water partition coefficient (Wildman–Crippen LogP) is 2.80. The highest BCUT2D eigenvalue weighted by Gasteiger charge is 2.20. The van der Waals surface area contributed by atoms with E-state index in [0.717, 1.165) is 24.3 Å². The van der Waals surface area contributed by atoms with Crippen molar-refractivity contribution in [2.75, 3.05) is 36.0 Å². The molecule has 2 aromatic carbocycles. The molecule has 2 aromatic rings. The second kappa shape index (κ2) is 9.67. The lowest BCUT2D eigenvalue weighted by Gasteiger charge is -2.37. The van der Waals surface area contributed by atoms with Gasteiger partial charge >= 0.3 is 5.97 Å². The molecule has 1 aliphatic rings. The number of phenolic OH excluding ortho intramolecular Hbond substituents is 1. The van der Waals surface area contributed by atoms with Crippen LogP contribution in [0.3, 0.4) is 0 Å². The molecular weight excluding hydrogens is 376 g/mol. The van der Waals surface area contributed by atoms with Crippen LogP contribution in [0.4, 0.5) is 20.3 Å². The Labute approximate surface area is 160 Å². The number of thiocarbonyl (C=S) groups is 1. The molecule has 0 amide bonds. The van der Waals surface area contributed by atoms with Crippen LogP contribution < -0.4 is 15.5 Å². The highest BCUT2D eigenvalue weighted by molar-refractivity contribution is 7.78. The topological polar surface area (TPSA) is 79.0 Å². The van der Waals surface area contributed by atoms with Gasteiger partial charge in [0.1, 0.15) is 11.6 Å². The molecule has 1 fully saturated rings. The standard InChI is InChI=1S/C17H16F2N2O3.CH3NS/c18-16-11-13(3-6-15(16)17(23)24-19)21-9-7-20(8-10-21)12-1-4-14(22)5-2-12;2-1-3/h1-6,11,22H,7-10H2;1H,(H2,2,3). The molecule has 0 aromatic heterocycles. The minimum Gasteiger partial charge on any atom is -0.508 e. The van der Waals surface area contributed by atoms with Gasteiger partial charge in [0, 0.05) is 42.1 Å². The van der Waals surface area contributed by atoms with E-state index in [-0.39, 0.29) is 5.75 Å². The summed E-state index contributed by atoms with van der Waals surface area (Å²) in [6.07, 6.45) is 0. The number of anilines is 2. The lowest BCUT2D eigenvalue weighted by molar-refractivity contribution is -0.0791. The van der Waals surface area contributed by atoms with Crippen molar-refractivity contribution in [1.82, 2.24) is 0 Å². The second-order valence-electron chi connectivity index (χ2n) is 5.66. The van der Waals surface area contributed by atoms with Crippen LogP contribution in [0.2, 0.25) is 0 Å². The van der Waals surface area contributed by atoms with Gasteiger partial charge in [-0.3, -0.25) is 0 Å². The van der Waals surface area contributed by atoms with Crippen molar-refractivity contribution < 1.29 is 23.8 Å². The van der Waals surface area contributed by atoms with Crippen molar-refractivity contribution in [3.8, 4) is 5.75 Å². The van der Waals surface area contributed by atoms with Crippen molar-refractivity contribution in [3.05, 3.63) is 53.8 Å². The van der Waals surface area contributed by atoms with Gasteiger partial charge in [0.25, 0.3) is 0 Å². The first kappa shape index (κ1) is 20.4. The molecular formula is C18H19F2N3O3S. The summed E-state index contributed by atoms with van der Waals surface area (Å²) in [6.45, 7) is 2.82. The number of hydrogen-bond donors (Lipinski definition) is 2. The van der Waals surface area contributed by atoms with Gasteiger partial charge in [0.05, 0.1) is 11.1 Å². The summed E-state index contributed by atoms with van der Waals surface area (Å²) < 4.78 is 25.8. The van der Waals surface area contributed by atoms with Gasteiger partial charge in [-0.25, -0.2) is 14.1 Å². The maximum atomic E-state index is 13.9. The third-order valence-electron chi connectivity index (χ3n) is 4.10. The number of benzene rings is 2. The maximum Gasteiger partial charge on any atom is 0.382 e. The molecule has 1 heterocycles. The van der Waals surface area contributed by atoms with Crippen molar-refractivity contribution >= 4 is 35.1 Å². The van der Waals surface area contributed by atoms with Gasteiger partial charge in [-0.2, -0.15) is 0 Å². The van der Waals surface area contributed by atoms with Gasteiger partial charge < -0.3 is 20.6 Å². The van der Waals surface area contributed by atoms with Crippen LogP contribution in [-0.2, 0) is 4.94 Å². The minimum absolute atomic E-state index is 0.222. The third-order valence-corrected chi connectivity index (χ3v) is 4.10. The van der Waals surface area contributed by atoms with Gasteiger partial charge in [-0.15, -0.1) is 0 Å². The molecule has 0 aliphatic carbocycles. The van der Waals surface area contributed by atoms with Crippen LogP contribution in [0.25, 0.3) is 0 Å². The summed E-state index contributed by atoms with van der Waals surface area (Å²) in [5.74, 6) is -1.92. The van der Waals surface area contributed by atoms with E-state index in [9.17, 15) is 18.8 Å². The molecule has 3 N–H and O–H groups in total. The Kier molecular flexibility index (Phi) is 7.30. The molecule has 0 spiro atoms. The number of piperazine rings is 1. The maximum absolute atomic E-state index is 13.9. The van der Waals surface area contributed by atoms with Crippen LogP contribution in [-0.4, -0.2) is 42.7 Å². The van der Waals surface area contributed by atoms with Crippen LogP contribution >= 0.6 is 12.2 Å². The first-order valence-corrected chi connectivity index (χ1v) is 8.54. The minimum atomic E-state index is -1.34. The lowest BCUT2D eigenvalue weighted by Crippen LogP contribution is -2.46. The van der Waals surface area contributed by atoms with Crippen LogP contribution in [0.5, 0.6) is 5.75 Å². The summed E-state index contributed by atoms with van der Waals surface area (Å²) in [7, 11) is 0. The van der Waals surface area contributed by atoms with E-state index in [1.54, 1.807) is 18.2 Å². The highest BCUT2D eigenvalue weighted by atomic mass is 32.1. The number of hydrogen-bond acceptors (Lipinski definition) is 6. The molecule has 0 saturated carbocycles. The van der Waals surface area contributed by atoms with Crippen LogP contribution in [0.15, 0.2) is 42.5 Å². The van der Waals surface area contributed by atoms with Crippen molar-refractivity contribution in [2.45, 2.75) is 0 Å². The molecule has 6 nitrogen and oxygen atoms in total. The fraction of sp³-hybridized carbons (Fsp3) is 0.222. The summed E-state index contributed by atoms with van der Waals surface area (Å²) in [5, 5.41) is 9.33. The largest absolute Gasteiger partial charge is 0.508 e. The number of carbonyl (C=O) groups excluding carboxylic acids is 1. The second-order valence-corrected chi connectivity index (χ2v) is 5.93. The van der Waals surface area contributed by atoms with Gasteiger partial charge in [0.15, 0.2) is 0 Å². The molecule has 144 valence electrons. The first-order valence-electron chi connectivity index (χ1n) is 8.07. The Bertz CT molecular complexity index is 782. The summed E-state index contributed by atoms with van der Waals surface area (Å²) in [5.41, 5.74) is 6.84. The number of rotatable bonds is 3. The number of nitrogens with zero attached hydrogens (tertiary/aromatic N) is 2. The Hall–Kier alpha value is -2.94. The molecule has 3 rings (SSSR count). The summed E-state index contributed by atoms with van der Waals surface area (Å²) in [6, 6.07) is 11.0. The van der Waals surface area contributed by atoms with E-state index >= 15 is 0 Å². The molecule has 0 atom stereocenters. The van der Waals surface area contributed by atoms with Gasteiger partial charge in [0.2, 0.25) is 0 Å². The molecule has 1 saturated heterocycles. The van der Waals surface area contributed by atoms with E-state index in [1.807, 2.05) is 17.0 Å². The number of halogens is 2. The molecule has 0 unspecified atom stereocenters. The zero-order valence-corrected chi connectivity index (χ0v) is 15.2. The van der Waals surface area contributed by atoms with E-state index in [2.05, 4.69) is 27.8 Å². The summed E-state index contributed by atoms with van der Waals surface area (Å²) >= 11 is 4.05. The molecule has 9 heteroatoms. The molecule has 1 aliphatic heterocycles. The quantitative estimate of drug-likeness (QED) is 0.774. The van der Waals surface area contributed by atoms with E-state index < -0.39 is 17.3 Å². The third kappa shape index (κ3) is 5.27. The van der Waals surface area contributed by atoms with E-state index in [1.165, 1.54) is 12.1 Å². The number of nitrogens with two attached hydrogens (primary N) is 1. The van der Waals surface area contributed by atoms with Crippen LogP contribution in [0.1, 0.15) is 10.4 Å². The zero-order chi connectivity index (χ0) is 19.8. The van der Waals surface area contributed by atoms with Crippen LogP contribution in [0, 0.1) is 5.82 Å².